The zero-order chi connectivity index (χ0) is 13.1. The van der Waals surface area contributed by atoms with Gasteiger partial charge in [-0.1, -0.05) is 0 Å². The minimum absolute atomic E-state index is 0.0850. The molecule has 0 spiro atoms. The number of carbonyl (C=O) groups excluding carboxylic acids is 1. The molecule has 94 valence electrons. The van der Waals surface area contributed by atoms with Crippen LogP contribution in [0.2, 0.25) is 0 Å². The number of imidazole rings is 1. The van der Waals surface area contributed by atoms with Crippen LogP contribution in [0.15, 0.2) is 18.5 Å². The average molecular weight is 247 g/mol. The first kappa shape index (κ1) is 12.0. The molecule has 0 atom stereocenters. The van der Waals surface area contributed by atoms with Gasteiger partial charge >= 0.3 is 5.97 Å². The van der Waals surface area contributed by atoms with Gasteiger partial charge in [0.25, 0.3) is 0 Å². The molecule has 7 heteroatoms. The van der Waals surface area contributed by atoms with Gasteiger partial charge in [-0.2, -0.15) is 0 Å². The highest BCUT2D eigenvalue weighted by atomic mass is 16.5. The van der Waals surface area contributed by atoms with E-state index in [0.29, 0.717) is 11.8 Å². The predicted molar refractivity (Wildman–Crippen MR) is 64.3 cm³/mol. The van der Waals surface area contributed by atoms with Crippen LogP contribution in [-0.2, 0) is 4.74 Å². The van der Waals surface area contributed by atoms with E-state index in [0.717, 1.165) is 0 Å². The summed E-state index contributed by atoms with van der Waals surface area (Å²) in [6.45, 7) is 3.71. The van der Waals surface area contributed by atoms with E-state index in [-0.39, 0.29) is 18.1 Å². The Bertz CT molecular complexity index is 564. The first-order valence-electron chi connectivity index (χ1n) is 5.44. The van der Waals surface area contributed by atoms with Crippen molar-refractivity contribution in [2.24, 2.45) is 0 Å². The van der Waals surface area contributed by atoms with Gasteiger partial charge in [0.2, 0.25) is 5.95 Å². The van der Waals surface area contributed by atoms with Gasteiger partial charge in [-0.05, 0) is 19.9 Å². The van der Waals surface area contributed by atoms with Crippen LogP contribution in [0.25, 0.3) is 5.95 Å². The molecule has 0 unspecified atom stereocenters. The maximum Gasteiger partial charge on any atom is 0.360 e. The quantitative estimate of drug-likeness (QED) is 0.803. The van der Waals surface area contributed by atoms with Crippen molar-refractivity contribution in [3.05, 3.63) is 30.0 Å². The number of nitrogens with two attached hydrogens (primary N) is 1. The summed E-state index contributed by atoms with van der Waals surface area (Å²) < 4.78 is 6.38. The number of hydrogen-bond acceptors (Lipinski definition) is 6. The minimum Gasteiger partial charge on any atom is -0.461 e. The van der Waals surface area contributed by atoms with Gasteiger partial charge in [0, 0.05) is 12.4 Å². The highest BCUT2D eigenvalue weighted by molar-refractivity contribution is 5.92. The first-order valence-corrected chi connectivity index (χ1v) is 5.44. The Balaban J connectivity index is 2.48. The molecule has 0 aliphatic heterocycles. The summed E-state index contributed by atoms with van der Waals surface area (Å²) in [5.41, 5.74) is 5.97. The largest absolute Gasteiger partial charge is 0.461 e. The van der Waals surface area contributed by atoms with E-state index in [1.165, 1.54) is 4.57 Å². The van der Waals surface area contributed by atoms with Crippen molar-refractivity contribution in [2.75, 3.05) is 12.3 Å². The second kappa shape index (κ2) is 4.82. The smallest absolute Gasteiger partial charge is 0.360 e. The summed E-state index contributed by atoms with van der Waals surface area (Å²) in [5, 5.41) is 0. The molecule has 0 saturated carbocycles. The number of ether oxygens (including phenoxy) is 1. The molecule has 0 aliphatic carbocycles. The minimum atomic E-state index is -0.548. The fourth-order valence-electron chi connectivity index (χ4n) is 1.56. The molecule has 2 N–H and O–H groups in total. The van der Waals surface area contributed by atoms with Gasteiger partial charge in [-0.25, -0.2) is 24.3 Å². The molecule has 2 heterocycles. The lowest BCUT2D eigenvalue weighted by atomic mass is 10.4. The zero-order valence-corrected chi connectivity index (χ0v) is 10.1. The number of nitrogen functional groups attached to an aromatic ring is 1. The summed E-state index contributed by atoms with van der Waals surface area (Å²) >= 11 is 0. The monoisotopic (exact) mass is 247 g/mol. The van der Waals surface area contributed by atoms with Crippen molar-refractivity contribution in [3.8, 4) is 5.95 Å². The van der Waals surface area contributed by atoms with Gasteiger partial charge in [0.1, 0.15) is 11.6 Å². The van der Waals surface area contributed by atoms with Crippen molar-refractivity contribution in [3.63, 3.8) is 0 Å². The Morgan fingerprint density at radius 2 is 2.11 bits per heavy atom. The Morgan fingerprint density at radius 1 is 1.44 bits per heavy atom. The van der Waals surface area contributed by atoms with Gasteiger partial charge < -0.3 is 10.5 Å². The third kappa shape index (κ3) is 2.02. The molecule has 18 heavy (non-hydrogen) atoms. The van der Waals surface area contributed by atoms with Gasteiger partial charge in [0.05, 0.1) is 6.61 Å². The summed E-state index contributed by atoms with van der Waals surface area (Å²) in [6, 6.07) is 1.69. The number of nitrogens with zero attached hydrogens (tertiary/aromatic N) is 4. The maximum atomic E-state index is 11.6. The molecule has 0 amide bonds. The van der Waals surface area contributed by atoms with Crippen molar-refractivity contribution < 1.29 is 9.53 Å². The van der Waals surface area contributed by atoms with Crippen LogP contribution in [0.5, 0.6) is 0 Å². The molecule has 2 rings (SSSR count). The number of carbonyl (C=O) groups is 1. The number of anilines is 1. The van der Waals surface area contributed by atoms with Crippen molar-refractivity contribution >= 4 is 11.8 Å². The van der Waals surface area contributed by atoms with E-state index in [1.54, 1.807) is 32.3 Å². The molecule has 0 aliphatic rings. The fraction of sp³-hybridized carbons (Fsp3) is 0.273. The topological polar surface area (TPSA) is 95.9 Å². The zero-order valence-electron chi connectivity index (χ0n) is 10.1. The van der Waals surface area contributed by atoms with Crippen LogP contribution >= 0.6 is 0 Å². The molecule has 2 aromatic rings. The molecule has 0 fully saturated rings. The number of hydrogen-bond donors (Lipinski definition) is 1. The fourth-order valence-corrected chi connectivity index (χ4v) is 1.56. The summed E-state index contributed by atoms with van der Waals surface area (Å²) in [7, 11) is 0. The number of aromatic nitrogens is 4. The van der Waals surface area contributed by atoms with E-state index in [1.807, 2.05) is 0 Å². The van der Waals surface area contributed by atoms with Crippen molar-refractivity contribution in [1.82, 2.24) is 19.5 Å². The standard InChI is InChI=1S/C11H13N5O2/c1-3-18-10(17)8-9(12)16(7(2)15-8)11-13-5-4-6-14-11/h4-6H,3,12H2,1-2H3. The molecular weight excluding hydrogens is 234 g/mol. The number of aryl methyl sites for hydroxylation is 1. The summed E-state index contributed by atoms with van der Waals surface area (Å²) in [6.07, 6.45) is 3.18. The number of rotatable bonds is 3. The second-order valence-electron chi connectivity index (χ2n) is 3.50. The lowest BCUT2D eigenvalue weighted by Gasteiger charge is -2.04. The number of esters is 1. The highest BCUT2D eigenvalue weighted by Crippen LogP contribution is 2.18. The van der Waals surface area contributed by atoms with Crippen LogP contribution in [0.4, 0.5) is 5.82 Å². The normalized spacial score (nSPS) is 10.3. The summed E-state index contributed by atoms with van der Waals surface area (Å²) in [5.74, 6) is 0.530. The Labute approximate surface area is 104 Å². The SMILES string of the molecule is CCOC(=O)c1nc(C)n(-c2ncccn2)c1N. The van der Waals surface area contributed by atoms with Crippen LogP contribution in [0.1, 0.15) is 23.2 Å². The van der Waals surface area contributed by atoms with Crippen molar-refractivity contribution in [1.29, 1.82) is 0 Å². The lowest BCUT2D eigenvalue weighted by Crippen LogP contribution is -2.10. The van der Waals surface area contributed by atoms with Crippen LogP contribution in [0.3, 0.4) is 0 Å². The van der Waals surface area contributed by atoms with Gasteiger partial charge in [-0.15, -0.1) is 0 Å². The Kier molecular flexibility index (Phi) is 3.22. The predicted octanol–water partition coefficient (Wildman–Crippen LogP) is 0.730. The molecular formula is C11H13N5O2. The molecule has 7 nitrogen and oxygen atoms in total. The Morgan fingerprint density at radius 3 is 2.72 bits per heavy atom. The molecule has 2 aromatic heterocycles. The molecule has 0 radical (unpaired) electrons. The van der Waals surface area contributed by atoms with Crippen LogP contribution < -0.4 is 5.73 Å². The van der Waals surface area contributed by atoms with Crippen LogP contribution in [-0.4, -0.2) is 32.1 Å². The van der Waals surface area contributed by atoms with E-state index in [4.69, 9.17) is 10.5 Å². The molecule has 0 bridgehead atoms. The molecule has 0 aromatic carbocycles. The second-order valence-corrected chi connectivity index (χ2v) is 3.50. The van der Waals surface area contributed by atoms with Gasteiger partial charge in [-0.3, -0.25) is 0 Å². The van der Waals surface area contributed by atoms with E-state index in [2.05, 4.69) is 15.0 Å². The molecule has 0 saturated heterocycles. The average Bonchev–Trinajstić information content (AvgIpc) is 2.66. The van der Waals surface area contributed by atoms with E-state index in [9.17, 15) is 4.79 Å². The maximum absolute atomic E-state index is 11.6. The third-order valence-corrected chi connectivity index (χ3v) is 2.30. The van der Waals surface area contributed by atoms with Crippen LogP contribution in [0, 0.1) is 6.92 Å². The lowest BCUT2D eigenvalue weighted by molar-refractivity contribution is 0.0521. The highest BCUT2D eigenvalue weighted by Gasteiger charge is 2.21. The summed E-state index contributed by atoms with van der Waals surface area (Å²) in [4.78, 5) is 23.9. The Hall–Kier alpha value is -2.44. The first-order chi connectivity index (χ1) is 8.65. The van der Waals surface area contributed by atoms with E-state index >= 15 is 0 Å². The van der Waals surface area contributed by atoms with Gasteiger partial charge in [0.15, 0.2) is 5.69 Å². The van der Waals surface area contributed by atoms with Crippen molar-refractivity contribution in [2.45, 2.75) is 13.8 Å². The van der Waals surface area contributed by atoms with E-state index < -0.39 is 5.97 Å². The third-order valence-electron chi connectivity index (χ3n) is 2.30.